The number of phenols is 4. The molecule has 0 aliphatic heterocycles. The molecule has 0 amide bonds. The Bertz CT molecular complexity index is 935. The molecule has 0 aliphatic rings. The number of aromatic hydroxyl groups is 4. The molecule has 0 saturated heterocycles. The van der Waals surface area contributed by atoms with Crippen LogP contribution < -0.4 is 0 Å². The number of hydrogen-bond donors (Lipinski definition) is 4. The lowest BCUT2D eigenvalue weighted by Crippen LogP contribution is -2.31. The van der Waals surface area contributed by atoms with Crippen LogP contribution in [0.5, 0.6) is 23.0 Å². The lowest BCUT2D eigenvalue weighted by molar-refractivity contribution is 0.385. The molecule has 0 radical (unpaired) electrons. The van der Waals surface area contributed by atoms with E-state index in [0.29, 0.717) is 17.5 Å². The first kappa shape index (κ1) is 23.8. The quantitative estimate of drug-likeness (QED) is 0.306. The van der Waals surface area contributed by atoms with E-state index in [4.69, 9.17) is 0 Å². The van der Waals surface area contributed by atoms with Crippen molar-refractivity contribution in [3.63, 3.8) is 0 Å². The van der Waals surface area contributed by atoms with Crippen LogP contribution in [0.3, 0.4) is 0 Å². The van der Waals surface area contributed by atoms with Crippen molar-refractivity contribution in [2.75, 3.05) is 6.54 Å². The molecule has 7 nitrogen and oxygen atoms in total. The van der Waals surface area contributed by atoms with E-state index >= 15 is 0 Å². The maximum Gasteiger partial charge on any atom is 0.243 e. The molecule has 166 valence electrons. The molecule has 0 unspecified atom stereocenters. The van der Waals surface area contributed by atoms with Crippen molar-refractivity contribution >= 4 is 10.0 Å². The maximum absolute atomic E-state index is 13.2. The van der Waals surface area contributed by atoms with Crippen LogP contribution >= 0.6 is 0 Å². The van der Waals surface area contributed by atoms with Crippen LogP contribution in [-0.4, -0.2) is 39.7 Å². The first-order valence-corrected chi connectivity index (χ1v) is 11.6. The molecule has 0 saturated carbocycles. The number of hydrogen-bond acceptors (Lipinski definition) is 6. The van der Waals surface area contributed by atoms with Gasteiger partial charge >= 0.3 is 0 Å². The summed E-state index contributed by atoms with van der Waals surface area (Å²) in [6.07, 6.45) is 5.96. The van der Waals surface area contributed by atoms with E-state index in [2.05, 4.69) is 6.92 Å². The van der Waals surface area contributed by atoms with Crippen LogP contribution in [0.4, 0.5) is 0 Å². The Labute approximate surface area is 178 Å². The van der Waals surface area contributed by atoms with Crippen molar-refractivity contribution in [3.8, 4) is 23.0 Å². The van der Waals surface area contributed by atoms with E-state index < -0.39 is 21.5 Å². The van der Waals surface area contributed by atoms with Crippen LogP contribution in [0.2, 0.25) is 0 Å². The lowest BCUT2D eigenvalue weighted by Gasteiger charge is -2.23. The minimum Gasteiger partial charge on any atom is -0.508 e. The van der Waals surface area contributed by atoms with Gasteiger partial charge < -0.3 is 20.4 Å². The highest BCUT2D eigenvalue weighted by Gasteiger charge is 2.26. The van der Waals surface area contributed by atoms with Crippen molar-refractivity contribution in [2.45, 2.75) is 63.8 Å². The zero-order chi connectivity index (χ0) is 22.3. The van der Waals surface area contributed by atoms with Gasteiger partial charge in [-0.2, -0.15) is 4.31 Å². The van der Waals surface area contributed by atoms with Gasteiger partial charge in [-0.1, -0.05) is 39.0 Å². The summed E-state index contributed by atoms with van der Waals surface area (Å²) in [6, 6.07) is 6.26. The fraction of sp³-hybridized carbons (Fsp3) is 0.455. The van der Waals surface area contributed by atoms with Crippen LogP contribution in [0.25, 0.3) is 0 Å². The summed E-state index contributed by atoms with van der Waals surface area (Å²) in [7, 11) is -3.97. The van der Waals surface area contributed by atoms with Gasteiger partial charge in [-0.05, 0) is 43.2 Å². The normalized spacial score (nSPS) is 11.8. The highest BCUT2D eigenvalue weighted by atomic mass is 32.2. The summed E-state index contributed by atoms with van der Waals surface area (Å²) in [4.78, 5) is -0.135. The van der Waals surface area contributed by atoms with Crippen molar-refractivity contribution in [3.05, 3.63) is 41.5 Å². The standard InChI is InChI=1S/C22H31NO6S/c1-3-4-5-6-7-8-11-23(15-17-12-20(25)16(2)21(26)13-17)30(28,29)18-9-10-19(24)22(27)14-18/h9-10,12-14,24-27H,3-8,11,15H2,1-2H3. The Balaban J connectivity index is 2.26. The van der Waals surface area contributed by atoms with Gasteiger partial charge in [0.05, 0.1) is 4.90 Å². The summed E-state index contributed by atoms with van der Waals surface area (Å²) < 4.78 is 27.7. The van der Waals surface area contributed by atoms with Crippen molar-refractivity contribution in [1.82, 2.24) is 4.31 Å². The molecule has 8 heteroatoms. The van der Waals surface area contributed by atoms with E-state index in [0.717, 1.165) is 44.2 Å². The van der Waals surface area contributed by atoms with E-state index in [1.807, 2.05) is 0 Å². The number of benzene rings is 2. The first-order valence-electron chi connectivity index (χ1n) is 10.2. The van der Waals surface area contributed by atoms with E-state index in [1.54, 1.807) is 6.92 Å². The van der Waals surface area contributed by atoms with Gasteiger partial charge in [-0.15, -0.1) is 0 Å². The largest absolute Gasteiger partial charge is 0.508 e. The second kappa shape index (κ2) is 10.5. The van der Waals surface area contributed by atoms with E-state index in [1.165, 1.54) is 22.5 Å². The van der Waals surface area contributed by atoms with Gasteiger partial charge in [-0.25, -0.2) is 8.42 Å². The van der Waals surface area contributed by atoms with Gasteiger partial charge in [0.25, 0.3) is 0 Å². The Kier molecular flexibility index (Phi) is 8.37. The monoisotopic (exact) mass is 437 g/mol. The summed E-state index contributed by atoms with van der Waals surface area (Å²) in [6.45, 7) is 3.91. The summed E-state index contributed by atoms with van der Waals surface area (Å²) in [5.74, 6) is -1.13. The van der Waals surface area contributed by atoms with Crippen molar-refractivity contribution in [1.29, 1.82) is 0 Å². The SMILES string of the molecule is CCCCCCCCN(Cc1cc(O)c(C)c(O)c1)S(=O)(=O)c1ccc(O)c(O)c1. The second-order valence-electron chi connectivity index (χ2n) is 7.52. The zero-order valence-electron chi connectivity index (χ0n) is 17.5. The lowest BCUT2D eigenvalue weighted by atomic mass is 10.1. The number of rotatable bonds is 11. The first-order chi connectivity index (χ1) is 14.2. The zero-order valence-corrected chi connectivity index (χ0v) is 18.3. The van der Waals surface area contributed by atoms with Gasteiger partial charge in [0.2, 0.25) is 10.0 Å². The fourth-order valence-electron chi connectivity index (χ4n) is 3.20. The predicted octanol–water partition coefficient (Wildman–Crippen LogP) is 4.37. The number of nitrogens with zero attached hydrogens (tertiary/aromatic N) is 1. The third kappa shape index (κ3) is 6.03. The molecule has 0 bridgehead atoms. The number of phenolic OH excluding ortho intramolecular Hbond substituents is 4. The highest BCUT2D eigenvalue weighted by Crippen LogP contribution is 2.31. The molecule has 4 N–H and O–H groups in total. The Morgan fingerprint density at radius 3 is 2.00 bits per heavy atom. The average molecular weight is 438 g/mol. The second-order valence-corrected chi connectivity index (χ2v) is 9.45. The van der Waals surface area contributed by atoms with Gasteiger partial charge in [0.1, 0.15) is 11.5 Å². The Hall–Kier alpha value is -2.45. The molecular formula is C22H31NO6S. The minimum absolute atomic E-state index is 0.0413. The van der Waals surface area contributed by atoms with E-state index in [-0.39, 0.29) is 29.5 Å². The molecule has 2 aromatic rings. The number of unbranched alkanes of at least 4 members (excludes halogenated alkanes) is 5. The molecule has 0 aromatic heterocycles. The van der Waals surface area contributed by atoms with Crippen LogP contribution in [0.1, 0.15) is 56.6 Å². The molecule has 0 aliphatic carbocycles. The molecule has 2 aromatic carbocycles. The highest BCUT2D eigenvalue weighted by molar-refractivity contribution is 7.89. The molecular weight excluding hydrogens is 406 g/mol. The van der Waals surface area contributed by atoms with Gasteiger partial charge in [-0.3, -0.25) is 0 Å². The Morgan fingerprint density at radius 2 is 1.40 bits per heavy atom. The molecule has 30 heavy (non-hydrogen) atoms. The molecule has 0 heterocycles. The van der Waals surface area contributed by atoms with Gasteiger partial charge in [0, 0.05) is 24.7 Å². The minimum atomic E-state index is -3.97. The molecule has 0 fully saturated rings. The number of sulfonamides is 1. The fourth-order valence-corrected chi connectivity index (χ4v) is 4.69. The summed E-state index contributed by atoms with van der Waals surface area (Å²) in [5.41, 5.74) is 0.778. The van der Waals surface area contributed by atoms with Crippen LogP contribution in [-0.2, 0) is 16.6 Å². The van der Waals surface area contributed by atoms with Crippen LogP contribution in [0, 0.1) is 6.92 Å². The third-order valence-electron chi connectivity index (χ3n) is 5.12. The third-order valence-corrected chi connectivity index (χ3v) is 6.96. The maximum atomic E-state index is 13.2. The summed E-state index contributed by atoms with van der Waals surface area (Å²) >= 11 is 0. The van der Waals surface area contributed by atoms with Crippen LogP contribution in [0.15, 0.2) is 35.2 Å². The molecule has 2 rings (SSSR count). The predicted molar refractivity (Wildman–Crippen MR) is 115 cm³/mol. The topological polar surface area (TPSA) is 118 Å². The van der Waals surface area contributed by atoms with E-state index in [9.17, 15) is 28.8 Å². The smallest absolute Gasteiger partial charge is 0.243 e. The van der Waals surface area contributed by atoms with Gasteiger partial charge in [0.15, 0.2) is 11.5 Å². The summed E-state index contributed by atoms with van der Waals surface area (Å²) in [5, 5.41) is 39.2. The molecule has 0 atom stereocenters. The average Bonchev–Trinajstić information content (AvgIpc) is 2.69. The van der Waals surface area contributed by atoms with Crippen molar-refractivity contribution < 1.29 is 28.8 Å². The molecule has 0 spiro atoms. The van der Waals surface area contributed by atoms with Crippen molar-refractivity contribution in [2.24, 2.45) is 0 Å². The Morgan fingerprint density at radius 1 is 0.800 bits per heavy atom.